The van der Waals surface area contributed by atoms with Gasteiger partial charge < -0.3 is 14.6 Å². The van der Waals surface area contributed by atoms with E-state index >= 15 is 0 Å². The Bertz CT molecular complexity index is 360. The average Bonchev–Trinajstić information content (AvgIpc) is 2.29. The van der Waals surface area contributed by atoms with Gasteiger partial charge in [0.05, 0.1) is 0 Å². The zero-order valence-electron chi connectivity index (χ0n) is 10.0. The maximum Gasteiger partial charge on any atom is 0.253 e. The molecule has 0 aromatic carbocycles. The number of nitrogens with one attached hydrogen (secondary N) is 1. The number of hydrogen-bond donors (Lipinski definition) is 1. The van der Waals surface area contributed by atoms with Gasteiger partial charge in [-0.05, 0) is 26.0 Å². The molecular formula is C12H20N2O2. The molecule has 1 rings (SSSR count). The smallest absolute Gasteiger partial charge is 0.253 e. The maximum atomic E-state index is 11.7. The van der Waals surface area contributed by atoms with E-state index in [1.807, 2.05) is 25.3 Å². The molecule has 16 heavy (non-hydrogen) atoms. The van der Waals surface area contributed by atoms with Gasteiger partial charge in [-0.3, -0.25) is 4.79 Å². The van der Waals surface area contributed by atoms with E-state index in [4.69, 9.17) is 4.74 Å². The van der Waals surface area contributed by atoms with Crippen LogP contribution in [-0.4, -0.2) is 31.4 Å². The fraction of sp³-hybridized carbons (Fsp3) is 0.583. The second-order valence-corrected chi connectivity index (χ2v) is 3.79. The molecule has 0 aliphatic rings. The Morgan fingerprint density at radius 2 is 2.25 bits per heavy atom. The van der Waals surface area contributed by atoms with Gasteiger partial charge >= 0.3 is 0 Å². The minimum absolute atomic E-state index is 0.0983. The second kappa shape index (κ2) is 7.19. The lowest BCUT2D eigenvalue weighted by molar-refractivity contribution is 0.194. The lowest BCUT2D eigenvalue weighted by Gasteiger charge is -2.07. The van der Waals surface area contributed by atoms with Gasteiger partial charge in [0.15, 0.2) is 0 Å². The summed E-state index contributed by atoms with van der Waals surface area (Å²) in [5.41, 5.74) is 0.892. The molecule has 0 aliphatic heterocycles. The van der Waals surface area contributed by atoms with Crippen LogP contribution in [0.1, 0.15) is 12.0 Å². The van der Waals surface area contributed by atoms with E-state index in [2.05, 4.69) is 5.32 Å². The first-order chi connectivity index (χ1) is 7.75. The Labute approximate surface area is 96.2 Å². The number of pyridine rings is 1. The van der Waals surface area contributed by atoms with Crippen molar-refractivity contribution in [3.8, 4) is 0 Å². The molecule has 0 radical (unpaired) electrons. The van der Waals surface area contributed by atoms with Gasteiger partial charge in [-0.2, -0.15) is 0 Å². The van der Waals surface area contributed by atoms with Gasteiger partial charge in [-0.25, -0.2) is 0 Å². The van der Waals surface area contributed by atoms with Crippen LogP contribution in [0.25, 0.3) is 0 Å². The number of aromatic nitrogens is 1. The molecule has 0 atom stereocenters. The van der Waals surface area contributed by atoms with Crippen molar-refractivity contribution in [2.75, 3.05) is 26.8 Å². The van der Waals surface area contributed by atoms with Gasteiger partial charge in [0.25, 0.3) is 5.56 Å². The fourth-order valence-corrected chi connectivity index (χ4v) is 1.50. The van der Waals surface area contributed by atoms with Gasteiger partial charge in [-0.15, -0.1) is 0 Å². The molecule has 0 bridgehead atoms. The summed E-state index contributed by atoms with van der Waals surface area (Å²) in [5, 5.41) is 3.28. The van der Waals surface area contributed by atoms with E-state index in [1.165, 1.54) is 0 Å². The number of ether oxygens (including phenoxy) is 1. The number of hydrogen-bond acceptors (Lipinski definition) is 3. The highest BCUT2D eigenvalue weighted by molar-refractivity contribution is 5.07. The van der Waals surface area contributed by atoms with Crippen molar-refractivity contribution in [1.29, 1.82) is 0 Å². The highest BCUT2D eigenvalue weighted by Crippen LogP contribution is 1.88. The van der Waals surface area contributed by atoms with Gasteiger partial charge in [0.1, 0.15) is 0 Å². The van der Waals surface area contributed by atoms with Crippen molar-refractivity contribution in [3.63, 3.8) is 0 Å². The van der Waals surface area contributed by atoms with Crippen molar-refractivity contribution in [2.24, 2.45) is 0 Å². The third-order valence-corrected chi connectivity index (χ3v) is 2.44. The van der Waals surface area contributed by atoms with E-state index < -0.39 is 0 Å². The van der Waals surface area contributed by atoms with E-state index in [0.717, 1.165) is 31.7 Å². The molecule has 4 heteroatoms. The summed E-state index contributed by atoms with van der Waals surface area (Å²) in [5.74, 6) is 0. The van der Waals surface area contributed by atoms with Crippen molar-refractivity contribution < 1.29 is 4.74 Å². The van der Waals surface area contributed by atoms with Crippen LogP contribution in [0.4, 0.5) is 0 Å². The van der Waals surface area contributed by atoms with Crippen LogP contribution in [-0.2, 0) is 11.3 Å². The molecule has 1 aromatic rings. The predicted molar refractivity (Wildman–Crippen MR) is 64.8 cm³/mol. The lowest BCUT2D eigenvalue weighted by Crippen LogP contribution is -2.28. The first kappa shape index (κ1) is 12.9. The monoisotopic (exact) mass is 224 g/mol. The summed E-state index contributed by atoms with van der Waals surface area (Å²) in [6.45, 7) is 5.07. The maximum absolute atomic E-state index is 11.7. The third kappa shape index (κ3) is 4.16. The molecule has 0 unspecified atom stereocenters. The SMILES string of the molecule is COCCCNCCn1cccc(C)c1=O. The highest BCUT2D eigenvalue weighted by atomic mass is 16.5. The Hall–Kier alpha value is -1.13. The van der Waals surface area contributed by atoms with Crippen molar-refractivity contribution in [2.45, 2.75) is 19.9 Å². The largest absolute Gasteiger partial charge is 0.385 e. The summed E-state index contributed by atoms with van der Waals surface area (Å²) in [6.07, 6.45) is 2.82. The first-order valence-electron chi connectivity index (χ1n) is 5.61. The number of aryl methyl sites for hydroxylation is 1. The van der Waals surface area contributed by atoms with E-state index in [0.29, 0.717) is 6.54 Å². The molecule has 1 aromatic heterocycles. The lowest BCUT2D eigenvalue weighted by atomic mass is 10.3. The molecule has 0 fully saturated rings. The van der Waals surface area contributed by atoms with Crippen LogP contribution < -0.4 is 10.9 Å². The Morgan fingerprint density at radius 1 is 1.44 bits per heavy atom. The molecule has 0 saturated heterocycles. The molecule has 1 heterocycles. The summed E-state index contributed by atoms with van der Waals surface area (Å²) < 4.78 is 6.68. The molecule has 4 nitrogen and oxygen atoms in total. The third-order valence-electron chi connectivity index (χ3n) is 2.44. The minimum Gasteiger partial charge on any atom is -0.385 e. The fourth-order valence-electron chi connectivity index (χ4n) is 1.50. The highest BCUT2D eigenvalue weighted by Gasteiger charge is 1.97. The molecular weight excluding hydrogens is 204 g/mol. The summed E-state index contributed by atoms with van der Waals surface area (Å²) >= 11 is 0. The van der Waals surface area contributed by atoms with Gasteiger partial charge in [0.2, 0.25) is 0 Å². The second-order valence-electron chi connectivity index (χ2n) is 3.79. The van der Waals surface area contributed by atoms with E-state index in [9.17, 15) is 4.79 Å². The Morgan fingerprint density at radius 3 is 3.00 bits per heavy atom. The quantitative estimate of drug-likeness (QED) is 0.696. The minimum atomic E-state index is 0.0983. The Kier molecular flexibility index (Phi) is 5.82. The van der Waals surface area contributed by atoms with Crippen LogP contribution in [0.5, 0.6) is 0 Å². The van der Waals surface area contributed by atoms with Crippen molar-refractivity contribution in [3.05, 3.63) is 34.2 Å². The molecule has 0 saturated carbocycles. The Balaban J connectivity index is 2.27. The van der Waals surface area contributed by atoms with Crippen LogP contribution >= 0.6 is 0 Å². The van der Waals surface area contributed by atoms with Gasteiger partial charge in [0, 0.05) is 38.6 Å². The van der Waals surface area contributed by atoms with Crippen LogP contribution in [0.3, 0.4) is 0 Å². The predicted octanol–water partition coefficient (Wildman–Crippen LogP) is 0.783. The van der Waals surface area contributed by atoms with Crippen LogP contribution in [0, 0.1) is 6.92 Å². The average molecular weight is 224 g/mol. The molecule has 0 amide bonds. The topological polar surface area (TPSA) is 43.3 Å². The van der Waals surface area contributed by atoms with Crippen LogP contribution in [0.15, 0.2) is 23.1 Å². The first-order valence-corrected chi connectivity index (χ1v) is 5.61. The summed E-state index contributed by atoms with van der Waals surface area (Å²) in [7, 11) is 1.70. The zero-order valence-corrected chi connectivity index (χ0v) is 10.0. The number of rotatable bonds is 7. The standard InChI is InChI=1S/C12H20N2O2/c1-11-5-3-8-14(12(11)15)9-7-13-6-4-10-16-2/h3,5,8,13H,4,6-7,9-10H2,1-2H3. The molecule has 90 valence electrons. The van der Waals surface area contributed by atoms with Crippen LogP contribution in [0.2, 0.25) is 0 Å². The van der Waals surface area contributed by atoms with Gasteiger partial charge in [-0.1, -0.05) is 6.07 Å². The van der Waals surface area contributed by atoms with Crippen molar-refractivity contribution in [1.82, 2.24) is 9.88 Å². The number of nitrogens with zero attached hydrogens (tertiary/aromatic N) is 1. The molecule has 0 aliphatic carbocycles. The molecule has 1 N–H and O–H groups in total. The number of methoxy groups -OCH3 is 1. The van der Waals surface area contributed by atoms with Crippen molar-refractivity contribution >= 4 is 0 Å². The molecule has 0 spiro atoms. The summed E-state index contributed by atoms with van der Waals surface area (Å²) in [6, 6.07) is 3.74. The summed E-state index contributed by atoms with van der Waals surface area (Å²) in [4.78, 5) is 11.7. The zero-order chi connectivity index (χ0) is 11.8. The van der Waals surface area contributed by atoms with E-state index in [1.54, 1.807) is 11.7 Å². The van der Waals surface area contributed by atoms with E-state index in [-0.39, 0.29) is 5.56 Å². The normalized spacial score (nSPS) is 10.6.